The molecule has 2 aliphatic carbocycles. The summed E-state index contributed by atoms with van der Waals surface area (Å²) in [5.74, 6) is 0.837. The minimum atomic E-state index is -0.772. The minimum Gasteiger partial charge on any atom is -0.493 e. The zero-order chi connectivity index (χ0) is 16.7. The van der Waals surface area contributed by atoms with Crippen LogP contribution in [0.25, 0.3) is 0 Å². The van der Waals surface area contributed by atoms with Gasteiger partial charge >= 0.3 is 5.97 Å². The molecular weight excluding hydrogens is 306 g/mol. The second kappa shape index (κ2) is 6.11. The van der Waals surface area contributed by atoms with Crippen LogP contribution in [0.2, 0.25) is 0 Å². The van der Waals surface area contributed by atoms with Crippen LogP contribution in [0, 0.1) is 23.7 Å². The quantitative estimate of drug-likeness (QED) is 0.871. The van der Waals surface area contributed by atoms with Crippen molar-refractivity contribution in [3.8, 4) is 5.75 Å². The molecule has 5 heteroatoms. The Morgan fingerprint density at radius 2 is 1.79 bits per heavy atom. The average molecular weight is 329 g/mol. The van der Waals surface area contributed by atoms with Crippen LogP contribution < -0.4 is 4.74 Å². The number of carboxylic acid groups (broad SMARTS) is 1. The lowest BCUT2D eigenvalue weighted by molar-refractivity contribution is -0.142. The maximum absolute atomic E-state index is 12.7. The predicted octanol–water partition coefficient (Wildman–Crippen LogP) is 2.66. The number of carbonyl (C=O) groups is 2. The summed E-state index contributed by atoms with van der Waals surface area (Å²) in [6.45, 7) is 1.65. The number of ether oxygens (including phenoxy) is 1. The predicted molar refractivity (Wildman–Crippen MR) is 87.9 cm³/mol. The number of nitrogens with zero attached hydrogens (tertiary/aromatic N) is 1. The fourth-order valence-corrected chi connectivity index (χ4v) is 3.63. The minimum absolute atomic E-state index is 0.0712. The van der Waals surface area contributed by atoms with Gasteiger partial charge in [-0.1, -0.05) is 0 Å². The molecule has 24 heavy (non-hydrogen) atoms. The Kier molecular flexibility index (Phi) is 3.94. The van der Waals surface area contributed by atoms with E-state index < -0.39 is 11.9 Å². The van der Waals surface area contributed by atoms with E-state index in [0.717, 1.165) is 25.2 Å². The first-order chi connectivity index (χ1) is 11.6. The van der Waals surface area contributed by atoms with Crippen molar-refractivity contribution in [1.82, 2.24) is 4.90 Å². The van der Waals surface area contributed by atoms with Gasteiger partial charge < -0.3 is 14.7 Å². The van der Waals surface area contributed by atoms with Crippen molar-refractivity contribution in [3.05, 3.63) is 29.8 Å². The Bertz CT molecular complexity index is 633. The fourth-order valence-electron chi connectivity index (χ4n) is 3.63. The first kappa shape index (κ1) is 15.5. The summed E-state index contributed by atoms with van der Waals surface area (Å²) in [7, 11) is 0. The van der Waals surface area contributed by atoms with Gasteiger partial charge in [0.05, 0.1) is 12.5 Å². The molecule has 0 radical (unpaired) electrons. The van der Waals surface area contributed by atoms with Gasteiger partial charge in [0, 0.05) is 18.7 Å². The standard InChI is InChI=1S/C19H23NO4/c21-18(14-5-7-15(8-6-14)24-11-12-1-2-12)20-9-16(13-3-4-13)17(10-20)19(22)23/h5-8,12-13,16-17H,1-4,9-11H2,(H,22,23)/t16-,17+/m1/s1. The molecule has 1 heterocycles. The number of benzene rings is 1. The zero-order valence-corrected chi connectivity index (χ0v) is 13.7. The van der Waals surface area contributed by atoms with E-state index in [1.54, 1.807) is 17.0 Å². The van der Waals surface area contributed by atoms with Gasteiger partial charge in [0.1, 0.15) is 5.75 Å². The molecule has 1 aromatic carbocycles. The van der Waals surface area contributed by atoms with E-state index in [0.29, 0.717) is 30.5 Å². The summed E-state index contributed by atoms with van der Waals surface area (Å²) in [6.07, 6.45) is 4.70. The Morgan fingerprint density at radius 1 is 1.08 bits per heavy atom. The zero-order valence-electron chi connectivity index (χ0n) is 13.7. The second-order valence-corrected chi connectivity index (χ2v) is 7.43. The fraction of sp³-hybridized carbons (Fsp3) is 0.579. The number of hydrogen-bond acceptors (Lipinski definition) is 3. The molecule has 3 fully saturated rings. The van der Waals surface area contributed by atoms with E-state index in [9.17, 15) is 14.7 Å². The van der Waals surface area contributed by atoms with Crippen molar-refractivity contribution < 1.29 is 19.4 Å². The van der Waals surface area contributed by atoms with Gasteiger partial charge in [-0.15, -0.1) is 0 Å². The smallest absolute Gasteiger partial charge is 0.308 e. The molecule has 1 aliphatic heterocycles. The average Bonchev–Trinajstić information content (AvgIpc) is 3.51. The van der Waals surface area contributed by atoms with Gasteiger partial charge in [-0.3, -0.25) is 9.59 Å². The van der Waals surface area contributed by atoms with E-state index in [2.05, 4.69) is 0 Å². The Balaban J connectivity index is 1.40. The molecule has 0 spiro atoms. The normalized spacial score (nSPS) is 26.4. The SMILES string of the molecule is O=C(O)[C@H]1CN(C(=O)c2ccc(OCC3CC3)cc2)C[C@@H]1C1CC1. The third kappa shape index (κ3) is 3.25. The highest BCUT2D eigenvalue weighted by molar-refractivity contribution is 5.95. The topological polar surface area (TPSA) is 66.8 Å². The number of carboxylic acids is 1. The van der Waals surface area contributed by atoms with E-state index >= 15 is 0 Å². The molecule has 128 valence electrons. The van der Waals surface area contributed by atoms with Gasteiger partial charge in [0.2, 0.25) is 0 Å². The molecule has 0 bridgehead atoms. The summed E-state index contributed by atoms with van der Waals surface area (Å²) in [5, 5.41) is 9.42. The molecule has 1 saturated heterocycles. The lowest BCUT2D eigenvalue weighted by atomic mass is 9.92. The maximum atomic E-state index is 12.7. The van der Waals surface area contributed by atoms with E-state index in [4.69, 9.17) is 4.74 Å². The van der Waals surface area contributed by atoms with Crippen molar-refractivity contribution in [2.75, 3.05) is 19.7 Å². The third-order valence-corrected chi connectivity index (χ3v) is 5.48. The Hall–Kier alpha value is -2.04. The molecule has 1 N–H and O–H groups in total. The van der Waals surface area contributed by atoms with Crippen LogP contribution in [0.3, 0.4) is 0 Å². The molecular formula is C19H23NO4. The second-order valence-electron chi connectivity index (χ2n) is 7.43. The van der Waals surface area contributed by atoms with Crippen LogP contribution in [0.4, 0.5) is 0 Å². The molecule has 1 amide bonds. The van der Waals surface area contributed by atoms with Crippen LogP contribution in [0.15, 0.2) is 24.3 Å². The highest BCUT2D eigenvalue weighted by atomic mass is 16.5. The molecule has 3 aliphatic rings. The Morgan fingerprint density at radius 3 is 2.38 bits per heavy atom. The van der Waals surface area contributed by atoms with Crippen LogP contribution in [-0.4, -0.2) is 41.6 Å². The summed E-state index contributed by atoms with van der Waals surface area (Å²) in [5.41, 5.74) is 0.606. The molecule has 4 rings (SSSR count). The molecule has 2 atom stereocenters. The summed E-state index contributed by atoms with van der Waals surface area (Å²) < 4.78 is 5.69. The maximum Gasteiger partial charge on any atom is 0.308 e. The number of likely N-dealkylation sites (tertiary alicyclic amines) is 1. The lowest BCUT2D eigenvalue weighted by Crippen LogP contribution is -2.29. The van der Waals surface area contributed by atoms with Gasteiger partial charge in [-0.05, 0) is 67.7 Å². The van der Waals surface area contributed by atoms with Crippen molar-refractivity contribution in [2.24, 2.45) is 23.7 Å². The van der Waals surface area contributed by atoms with Gasteiger partial charge in [0.25, 0.3) is 5.91 Å². The van der Waals surface area contributed by atoms with Crippen molar-refractivity contribution in [1.29, 1.82) is 0 Å². The van der Waals surface area contributed by atoms with Gasteiger partial charge in [-0.2, -0.15) is 0 Å². The molecule has 0 aromatic heterocycles. The van der Waals surface area contributed by atoms with E-state index in [-0.39, 0.29) is 11.8 Å². The largest absolute Gasteiger partial charge is 0.493 e. The summed E-state index contributed by atoms with van der Waals surface area (Å²) >= 11 is 0. The lowest BCUT2D eigenvalue weighted by Gasteiger charge is -2.16. The molecule has 1 aromatic rings. The number of rotatable bonds is 6. The van der Waals surface area contributed by atoms with E-state index in [1.807, 2.05) is 12.1 Å². The number of hydrogen-bond donors (Lipinski definition) is 1. The van der Waals surface area contributed by atoms with Gasteiger partial charge in [-0.25, -0.2) is 0 Å². The molecule has 5 nitrogen and oxygen atoms in total. The van der Waals surface area contributed by atoms with Crippen LogP contribution in [-0.2, 0) is 4.79 Å². The van der Waals surface area contributed by atoms with E-state index in [1.165, 1.54) is 12.8 Å². The van der Waals surface area contributed by atoms with Crippen LogP contribution in [0.5, 0.6) is 5.75 Å². The number of carbonyl (C=O) groups excluding carboxylic acids is 1. The van der Waals surface area contributed by atoms with Crippen LogP contribution >= 0.6 is 0 Å². The first-order valence-corrected chi connectivity index (χ1v) is 8.87. The van der Waals surface area contributed by atoms with Crippen molar-refractivity contribution in [2.45, 2.75) is 25.7 Å². The van der Waals surface area contributed by atoms with Crippen molar-refractivity contribution >= 4 is 11.9 Å². The number of aliphatic carboxylic acids is 1. The Labute approximate surface area is 141 Å². The molecule has 2 saturated carbocycles. The van der Waals surface area contributed by atoms with Gasteiger partial charge in [0.15, 0.2) is 0 Å². The third-order valence-electron chi connectivity index (χ3n) is 5.48. The highest BCUT2D eigenvalue weighted by Gasteiger charge is 2.46. The number of amides is 1. The summed E-state index contributed by atoms with van der Waals surface area (Å²) in [6, 6.07) is 7.23. The van der Waals surface area contributed by atoms with Crippen LogP contribution in [0.1, 0.15) is 36.0 Å². The monoisotopic (exact) mass is 329 g/mol. The first-order valence-electron chi connectivity index (χ1n) is 8.87. The highest BCUT2D eigenvalue weighted by Crippen LogP contribution is 2.44. The molecule has 0 unspecified atom stereocenters. The summed E-state index contributed by atoms with van der Waals surface area (Å²) in [4.78, 5) is 25.9. The van der Waals surface area contributed by atoms with Crippen molar-refractivity contribution in [3.63, 3.8) is 0 Å².